The Kier molecular flexibility index (Phi) is 8.56. The first kappa shape index (κ1) is 28.5. The summed E-state index contributed by atoms with van der Waals surface area (Å²) < 4.78 is 18.5. The second-order valence-electron chi connectivity index (χ2n) is 9.25. The third-order valence-corrected chi connectivity index (χ3v) is 7.80. The minimum atomic E-state index is -0.684. The minimum absolute atomic E-state index is 0.207. The predicted octanol–water partition coefficient (Wildman–Crippen LogP) is 4.62. The quantitative estimate of drug-likeness (QED) is 0.285. The second kappa shape index (κ2) is 11.7. The van der Waals surface area contributed by atoms with E-state index < -0.39 is 18.0 Å². The van der Waals surface area contributed by atoms with Crippen molar-refractivity contribution in [3.05, 3.63) is 88.5 Å². The van der Waals surface area contributed by atoms with E-state index >= 15 is 0 Å². The maximum absolute atomic E-state index is 13.9. The number of nitrogens with zero attached hydrogens (tertiary/aromatic N) is 2. The molecule has 1 aromatic heterocycles. The molecule has 0 fully saturated rings. The third-order valence-electron chi connectivity index (χ3n) is 6.23. The molecule has 0 aliphatic carbocycles. The van der Waals surface area contributed by atoms with E-state index in [0.717, 1.165) is 11.1 Å². The molecule has 0 N–H and O–H groups in total. The number of fused-ring (bicyclic) bond motifs is 1. The molecule has 1 aliphatic rings. The maximum atomic E-state index is 13.9. The fourth-order valence-electron chi connectivity index (χ4n) is 4.39. The maximum Gasteiger partial charge on any atom is 0.338 e. The molecule has 0 saturated heterocycles. The summed E-state index contributed by atoms with van der Waals surface area (Å²) in [6, 6.07) is 10.7. The molecule has 8 nitrogen and oxygen atoms in total. The normalized spacial score (nSPS) is 15.2. The highest BCUT2D eigenvalue weighted by molar-refractivity contribution is 9.10. The van der Waals surface area contributed by atoms with Crippen molar-refractivity contribution in [3.63, 3.8) is 0 Å². The summed E-state index contributed by atoms with van der Waals surface area (Å²) in [4.78, 5) is 43.6. The number of methoxy groups -OCH3 is 1. The number of aromatic nitrogens is 1. The van der Waals surface area contributed by atoms with Gasteiger partial charge in [-0.25, -0.2) is 9.79 Å². The van der Waals surface area contributed by atoms with E-state index in [2.05, 4.69) is 34.8 Å². The summed E-state index contributed by atoms with van der Waals surface area (Å²) in [5, 5.41) is 0. The molecule has 0 amide bonds. The van der Waals surface area contributed by atoms with Crippen LogP contribution in [0.3, 0.4) is 0 Å². The van der Waals surface area contributed by atoms with E-state index in [9.17, 15) is 14.4 Å². The topological polar surface area (TPSA) is 96.2 Å². The fourth-order valence-corrected chi connectivity index (χ4v) is 5.97. The number of rotatable bonds is 7. The molecule has 1 aliphatic heterocycles. The van der Waals surface area contributed by atoms with Gasteiger partial charge in [0.25, 0.3) is 5.56 Å². The molecule has 2 aromatic carbocycles. The van der Waals surface area contributed by atoms with Crippen molar-refractivity contribution in [2.75, 3.05) is 13.7 Å². The molecular weight excluding hydrogens is 584 g/mol. The van der Waals surface area contributed by atoms with Gasteiger partial charge in [-0.2, -0.15) is 0 Å². The average molecular weight is 614 g/mol. The Morgan fingerprint density at radius 1 is 1.21 bits per heavy atom. The average Bonchev–Trinajstić information content (AvgIpc) is 3.18. The van der Waals surface area contributed by atoms with E-state index in [1.807, 2.05) is 24.3 Å². The molecule has 0 spiro atoms. The van der Waals surface area contributed by atoms with Crippen molar-refractivity contribution in [1.82, 2.24) is 4.57 Å². The Bertz CT molecular complexity index is 1650. The van der Waals surface area contributed by atoms with E-state index in [1.54, 1.807) is 36.6 Å². The highest BCUT2D eigenvalue weighted by atomic mass is 79.9. The number of carbonyl (C=O) groups is 2. The number of esters is 2. The smallest absolute Gasteiger partial charge is 0.338 e. The van der Waals surface area contributed by atoms with Crippen molar-refractivity contribution in [2.45, 2.75) is 46.6 Å². The highest BCUT2D eigenvalue weighted by Gasteiger charge is 2.33. The van der Waals surface area contributed by atoms with Crippen LogP contribution in [0.2, 0.25) is 0 Å². The lowest BCUT2D eigenvalue weighted by Crippen LogP contribution is -2.39. The summed E-state index contributed by atoms with van der Waals surface area (Å²) in [6.45, 7) is 9.23. The van der Waals surface area contributed by atoms with E-state index in [4.69, 9.17) is 14.2 Å². The number of hydrogen-bond acceptors (Lipinski definition) is 8. The summed E-state index contributed by atoms with van der Waals surface area (Å²) in [5.74, 6) is -0.0540. The van der Waals surface area contributed by atoms with Crippen molar-refractivity contribution in [2.24, 2.45) is 4.99 Å². The van der Waals surface area contributed by atoms with Gasteiger partial charge in [0, 0.05) is 6.92 Å². The van der Waals surface area contributed by atoms with Crippen LogP contribution in [0.15, 0.2) is 61.9 Å². The van der Waals surface area contributed by atoms with E-state index in [1.165, 1.54) is 25.4 Å². The molecule has 39 heavy (non-hydrogen) atoms. The lowest BCUT2D eigenvalue weighted by Gasteiger charge is -2.25. The predicted molar refractivity (Wildman–Crippen MR) is 153 cm³/mol. The standard InChI is InChI=1S/C29H29BrN2O6S/c1-7-37-28(35)24-16(4)31-29-32(25(24)20-10-8-19(9-11-20)15(2)3)27(34)23(39-29)14-18-12-21(30)26(38-17(5)33)22(13-18)36-6/h8-15,25H,7H2,1-6H3/b23-14-/t25-/m1/s1. The van der Waals surface area contributed by atoms with Crippen LogP contribution >= 0.6 is 27.3 Å². The molecule has 2 heterocycles. The zero-order chi connectivity index (χ0) is 28.4. The Morgan fingerprint density at radius 2 is 1.90 bits per heavy atom. The Morgan fingerprint density at radius 3 is 2.49 bits per heavy atom. The SMILES string of the molecule is CCOC(=O)C1=C(C)N=c2s/c(=C\c3cc(Br)c(OC(C)=O)c(OC)c3)c(=O)n2[C@@H]1c1ccc(C(C)C)cc1. The van der Waals surface area contributed by atoms with Gasteiger partial charge in [-0.15, -0.1) is 0 Å². The molecule has 0 unspecified atom stereocenters. The van der Waals surface area contributed by atoms with Gasteiger partial charge in [0.2, 0.25) is 0 Å². The molecule has 0 bridgehead atoms. The van der Waals surface area contributed by atoms with Gasteiger partial charge in [0.05, 0.1) is 40.0 Å². The van der Waals surface area contributed by atoms with Crippen LogP contribution < -0.4 is 24.4 Å². The van der Waals surface area contributed by atoms with Crippen LogP contribution in [0, 0.1) is 0 Å². The minimum Gasteiger partial charge on any atom is -0.493 e. The summed E-state index contributed by atoms with van der Waals surface area (Å²) >= 11 is 4.65. The lowest BCUT2D eigenvalue weighted by atomic mass is 9.93. The van der Waals surface area contributed by atoms with Crippen LogP contribution in [0.5, 0.6) is 11.5 Å². The number of benzene rings is 2. The third kappa shape index (κ3) is 5.77. The zero-order valence-electron chi connectivity index (χ0n) is 22.5. The van der Waals surface area contributed by atoms with Crippen LogP contribution in [0.4, 0.5) is 0 Å². The largest absolute Gasteiger partial charge is 0.493 e. The summed E-state index contributed by atoms with van der Waals surface area (Å²) in [5.41, 5.74) is 3.16. The van der Waals surface area contributed by atoms with Crippen LogP contribution in [-0.4, -0.2) is 30.2 Å². The molecule has 3 aromatic rings. The molecular formula is C29H29BrN2O6S. The lowest BCUT2D eigenvalue weighted by molar-refractivity contribution is -0.139. The molecule has 4 rings (SSSR count). The van der Waals surface area contributed by atoms with Crippen molar-refractivity contribution in [3.8, 4) is 11.5 Å². The molecule has 1 atom stereocenters. The van der Waals surface area contributed by atoms with Crippen LogP contribution in [-0.2, 0) is 14.3 Å². The van der Waals surface area contributed by atoms with Crippen LogP contribution in [0.25, 0.3) is 6.08 Å². The van der Waals surface area contributed by atoms with Gasteiger partial charge < -0.3 is 14.2 Å². The van der Waals surface area contributed by atoms with Gasteiger partial charge in [-0.1, -0.05) is 49.4 Å². The summed E-state index contributed by atoms with van der Waals surface area (Å²) in [6.07, 6.45) is 1.72. The fraction of sp³-hybridized carbons (Fsp3) is 0.310. The Labute approximate surface area is 238 Å². The van der Waals surface area contributed by atoms with Gasteiger partial charge in [-0.3, -0.25) is 14.2 Å². The van der Waals surface area contributed by atoms with Crippen molar-refractivity contribution < 1.29 is 23.8 Å². The zero-order valence-corrected chi connectivity index (χ0v) is 24.9. The van der Waals surface area contributed by atoms with Gasteiger partial charge in [-0.05, 0) is 70.6 Å². The number of hydrogen-bond donors (Lipinski definition) is 0. The first-order chi connectivity index (χ1) is 18.5. The number of ether oxygens (including phenoxy) is 3. The number of thiazole rings is 1. The van der Waals surface area contributed by atoms with Crippen molar-refractivity contribution in [1.29, 1.82) is 0 Å². The van der Waals surface area contributed by atoms with E-state index in [-0.39, 0.29) is 17.9 Å². The van der Waals surface area contributed by atoms with Gasteiger partial charge in [0.15, 0.2) is 16.3 Å². The first-order valence-corrected chi connectivity index (χ1v) is 14.0. The molecule has 204 valence electrons. The number of halogens is 1. The van der Waals surface area contributed by atoms with Gasteiger partial charge >= 0.3 is 11.9 Å². The highest BCUT2D eigenvalue weighted by Crippen LogP contribution is 2.37. The molecule has 0 radical (unpaired) electrons. The first-order valence-electron chi connectivity index (χ1n) is 12.4. The Balaban J connectivity index is 1.91. The number of carbonyl (C=O) groups excluding carboxylic acids is 2. The second-order valence-corrected chi connectivity index (χ2v) is 11.1. The molecule has 0 saturated carbocycles. The van der Waals surface area contributed by atoms with Gasteiger partial charge in [0.1, 0.15) is 0 Å². The van der Waals surface area contributed by atoms with Crippen LogP contribution in [0.1, 0.15) is 63.3 Å². The molecule has 10 heteroatoms. The summed E-state index contributed by atoms with van der Waals surface area (Å²) in [7, 11) is 1.47. The number of allylic oxidation sites excluding steroid dienone is 1. The van der Waals surface area contributed by atoms with E-state index in [0.29, 0.717) is 42.3 Å². The van der Waals surface area contributed by atoms with Crippen molar-refractivity contribution >= 4 is 45.3 Å². The monoisotopic (exact) mass is 612 g/mol. The Hall–Kier alpha value is -3.50.